The summed E-state index contributed by atoms with van der Waals surface area (Å²) >= 11 is 2.07. The highest BCUT2D eigenvalue weighted by molar-refractivity contribution is 7.99. The van der Waals surface area contributed by atoms with E-state index in [0.717, 1.165) is 12.5 Å². The molecule has 0 saturated carbocycles. The minimum absolute atomic E-state index is 0.503. The highest BCUT2D eigenvalue weighted by Crippen LogP contribution is 2.19. The Balaban J connectivity index is 2.41. The molecule has 1 unspecified atom stereocenters. The summed E-state index contributed by atoms with van der Waals surface area (Å²) in [5, 5.41) is 3.65. The van der Waals surface area contributed by atoms with E-state index in [-0.39, 0.29) is 0 Å². The Morgan fingerprint density at radius 2 is 1.89 bits per heavy atom. The van der Waals surface area contributed by atoms with Crippen molar-refractivity contribution < 1.29 is 0 Å². The van der Waals surface area contributed by atoms with Crippen LogP contribution in [-0.4, -0.2) is 18.1 Å². The van der Waals surface area contributed by atoms with E-state index < -0.39 is 0 Å². The molecular formula is C16H27NS. The second-order valence-corrected chi connectivity index (χ2v) is 6.32. The topological polar surface area (TPSA) is 12.0 Å². The van der Waals surface area contributed by atoms with E-state index in [2.05, 4.69) is 68.2 Å². The second kappa shape index (κ2) is 9.46. The Bertz CT molecular complexity index is 297. The Morgan fingerprint density at radius 3 is 2.50 bits per heavy atom. The Hall–Kier alpha value is -0.470. The first-order valence-corrected chi connectivity index (χ1v) is 8.25. The molecule has 1 aromatic carbocycles. The zero-order valence-electron chi connectivity index (χ0n) is 12.0. The van der Waals surface area contributed by atoms with Gasteiger partial charge in [-0.05, 0) is 36.6 Å². The lowest BCUT2D eigenvalue weighted by Gasteiger charge is -2.19. The van der Waals surface area contributed by atoms with Crippen LogP contribution in [0.2, 0.25) is 0 Å². The molecule has 0 aromatic heterocycles. The standard InChI is InChI=1S/C16H27NS/c1-4-11-17-16(13-18-12-10-14(2)3)15-8-6-5-7-9-15/h5-9,14,16-17H,4,10-13H2,1-3H3. The van der Waals surface area contributed by atoms with Crippen LogP contribution >= 0.6 is 11.8 Å². The van der Waals surface area contributed by atoms with Crippen molar-refractivity contribution >= 4 is 11.8 Å². The average molecular weight is 265 g/mol. The fourth-order valence-corrected chi connectivity index (χ4v) is 3.15. The Kier molecular flexibility index (Phi) is 8.19. The second-order valence-electron chi connectivity index (χ2n) is 5.17. The molecule has 0 aliphatic rings. The van der Waals surface area contributed by atoms with Gasteiger partial charge in [0.15, 0.2) is 0 Å². The first-order chi connectivity index (χ1) is 8.74. The van der Waals surface area contributed by atoms with E-state index >= 15 is 0 Å². The zero-order chi connectivity index (χ0) is 13.2. The molecule has 0 amide bonds. The van der Waals surface area contributed by atoms with Crippen molar-refractivity contribution in [1.29, 1.82) is 0 Å². The third-order valence-corrected chi connectivity index (χ3v) is 4.06. The monoisotopic (exact) mass is 265 g/mol. The van der Waals surface area contributed by atoms with Crippen LogP contribution in [0.25, 0.3) is 0 Å². The van der Waals surface area contributed by atoms with Crippen LogP contribution in [0.15, 0.2) is 30.3 Å². The first-order valence-electron chi connectivity index (χ1n) is 7.10. The molecule has 102 valence electrons. The third-order valence-electron chi connectivity index (χ3n) is 2.97. The average Bonchev–Trinajstić information content (AvgIpc) is 2.38. The highest BCUT2D eigenvalue weighted by atomic mass is 32.2. The summed E-state index contributed by atoms with van der Waals surface area (Å²) in [5.74, 6) is 3.27. The van der Waals surface area contributed by atoms with E-state index in [1.807, 2.05) is 0 Å². The molecule has 0 fully saturated rings. The molecule has 1 nitrogen and oxygen atoms in total. The van der Waals surface area contributed by atoms with Crippen LogP contribution in [0.5, 0.6) is 0 Å². The van der Waals surface area contributed by atoms with Gasteiger partial charge in [0.05, 0.1) is 0 Å². The molecule has 0 radical (unpaired) electrons. The van der Waals surface area contributed by atoms with Crippen molar-refractivity contribution in [2.75, 3.05) is 18.1 Å². The number of benzene rings is 1. The van der Waals surface area contributed by atoms with Gasteiger partial charge in [-0.25, -0.2) is 0 Å². The van der Waals surface area contributed by atoms with Crippen molar-refractivity contribution in [3.05, 3.63) is 35.9 Å². The molecule has 0 heterocycles. The lowest BCUT2D eigenvalue weighted by atomic mass is 10.1. The highest BCUT2D eigenvalue weighted by Gasteiger charge is 2.09. The van der Waals surface area contributed by atoms with E-state index in [1.54, 1.807) is 0 Å². The molecule has 0 aliphatic heterocycles. The van der Waals surface area contributed by atoms with Gasteiger partial charge in [-0.1, -0.05) is 51.1 Å². The summed E-state index contributed by atoms with van der Waals surface area (Å²) in [4.78, 5) is 0. The van der Waals surface area contributed by atoms with Crippen molar-refractivity contribution in [1.82, 2.24) is 5.32 Å². The number of thioether (sulfide) groups is 1. The SMILES string of the molecule is CCCNC(CSCCC(C)C)c1ccccc1. The lowest BCUT2D eigenvalue weighted by molar-refractivity contribution is 0.576. The van der Waals surface area contributed by atoms with Gasteiger partial charge in [-0.3, -0.25) is 0 Å². The Labute approximate surface area is 117 Å². The van der Waals surface area contributed by atoms with Crippen LogP contribution in [-0.2, 0) is 0 Å². The number of rotatable bonds is 9. The summed E-state index contributed by atoms with van der Waals surface area (Å²) in [5.41, 5.74) is 1.42. The quantitative estimate of drug-likeness (QED) is 0.659. The van der Waals surface area contributed by atoms with Crippen LogP contribution in [0.3, 0.4) is 0 Å². The summed E-state index contributed by atoms with van der Waals surface area (Å²) in [7, 11) is 0. The predicted octanol–water partition coefficient (Wildman–Crippen LogP) is 4.51. The smallest absolute Gasteiger partial charge is 0.0411 e. The fraction of sp³-hybridized carbons (Fsp3) is 0.625. The molecule has 1 atom stereocenters. The molecular weight excluding hydrogens is 238 g/mol. The van der Waals surface area contributed by atoms with Gasteiger partial charge in [0.25, 0.3) is 0 Å². The molecule has 0 saturated heterocycles. The first kappa shape index (κ1) is 15.6. The number of nitrogens with one attached hydrogen (secondary N) is 1. The number of hydrogen-bond donors (Lipinski definition) is 1. The number of hydrogen-bond acceptors (Lipinski definition) is 2. The van der Waals surface area contributed by atoms with Crippen molar-refractivity contribution in [2.45, 2.75) is 39.7 Å². The largest absolute Gasteiger partial charge is 0.309 e. The summed E-state index contributed by atoms with van der Waals surface area (Å²) < 4.78 is 0. The molecule has 18 heavy (non-hydrogen) atoms. The van der Waals surface area contributed by atoms with Gasteiger partial charge in [0.2, 0.25) is 0 Å². The normalized spacial score (nSPS) is 12.9. The summed E-state index contributed by atoms with van der Waals surface area (Å²) in [6.45, 7) is 7.92. The van der Waals surface area contributed by atoms with Crippen LogP contribution in [0, 0.1) is 5.92 Å². The van der Waals surface area contributed by atoms with Crippen molar-refractivity contribution in [3.63, 3.8) is 0 Å². The molecule has 0 spiro atoms. The van der Waals surface area contributed by atoms with Crippen LogP contribution in [0.1, 0.15) is 45.2 Å². The molecule has 1 aromatic rings. The van der Waals surface area contributed by atoms with Gasteiger partial charge in [-0.2, -0.15) is 11.8 Å². The molecule has 1 N–H and O–H groups in total. The van der Waals surface area contributed by atoms with Crippen LogP contribution < -0.4 is 5.32 Å². The molecule has 1 rings (SSSR count). The van der Waals surface area contributed by atoms with Gasteiger partial charge < -0.3 is 5.32 Å². The lowest BCUT2D eigenvalue weighted by Crippen LogP contribution is -2.24. The minimum atomic E-state index is 0.503. The van der Waals surface area contributed by atoms with E-state index in [9.17, 15) is 0 Å². The van der Waals surface area contributed by atoms with Gasteiger partial charge >= 0.3 is 0 Å². The predicted molar refractivity (Wildman–Crippen MR) is 84.3 cm³/mol. The third kappa shape index (κ3) is 6.46. The van der Waals surface area contributed by atoms with Crippen LogP contribution in [0.4, 0.5) is 0 Å². The summed E-state index contributed by atoms with van der Waals surface area (Å²) in [6.07, 6.45) is 2.51. The minimum Gasteiger partial charge on any atom is -0.309 e. The maximum absolute atomic E-state index is 3.65. The summed E-state index contributed by atoms with van der Waals surface area (Å²) in [6, 6.07) is 11.3. The van der Waals surface area contributed by atoms with Crippen molar-refractivity contribution in [2.24, 2.45) is 5.92 Å². The zero-order valence-corrected chi connectivity index (χ0v) is 12.8. The van der Waals surface area contributed by atoms with Gasteiger partial charge in [0, 0.05) is 11.8 Å². The van der Waals surface area contributed by atoms with Gasteiger partial charge in [-0.15, -0.1) is 0 Å². The van der Waals surface area contributed by atoms with Crippen molar-refractivity contribution in [3.8, 4) is 0 Å². The molecule has 0 bridgehead atoms. The maximum Gasteiger partial charge on any atom is 0.0411 e. The fourth-order valence-electron chi connectivity index (χ4n) is 1.80. The Morgan fingerprint density at radius 1 is 1.17 bits per heavy atom. The van der Waals surface area contributed by atoms with E-state index in [0.29, 0.717) is 6.04 Å². The van der Waals surface area contributed by atoms with E-state index in [4.69, 9.17) is 0 Å². The molecule has 2 heteroatoms. The maximum atomic E-state index is 3.65. The van der Waals surface area contributed by atoms with E-state index in [1.165, 1.54) is 29.9 Å². The molecule has 0 aliphatic carbocycles. The van der Waals surface area contributed by atoms with Gasteiger partial charge in [0.1, 0.15) is 0 Å².